The topological polar surface area (TPSA) is 95.6 Å². The van der Waals surface area contributed by atoms with E-state index in [-0.39, 0.29) is 5.91 Å². The molecule has 2 aromatic rings. The van der Waals surface area contributed by atoms with Gasteiger partial charge in [-0.15, -0.1) is 0 Å². The lowest BCUT2D eigenvalue weighted by Crippen LogP contribution is -2.27. The van der Waals surface area contributed by atoms with Crippen LogP contribution >= 0.6 is 0 Å². The Morgan fingerprint density at radius 3 is 2.71 bits per heavy atom. The second-order valence-corrected chi connectivity index (χ2v) is 4.91. The average Bonchev–Trinajstić information content (AvgIpc) is 2.94. The minimum Gasteiger partial charge on any atom is -0.368 e. The van der Waals surface area contributed by atoms with Crippen LogP contribution in [0.15, 0.2) is 6.20 Å². The third-order valence-electron chi connectivity index (χ3n) is 3.13. The first kappa shape index (κ1) is 15.2. The van der Waals surface area contributed by atoms with Crippen molar-refractivity contribution in [3.8, 4) is 0 Å². The van der Waals surface area contributed by atoms with Crippen molar-refractivity contribution in [2.24, 2.45) is 0 Å². The molecule has 0 fully saturated rings. The first-order valence-electron chi connectivity index (χ1n) is 7.49. The summed E-state index contributed by atoms with van der Waals surface area (Å²) in [5.41, 5.74) is 1.51. The van der Waals surface area contributed by atoms with Gasteiger partial charge in [0.1, 0.15) is 5.52 Å². The molecular formula is C14H22N6O. The fourth-order valence-corrected chi connectivity index (χ4v) is 1.90. The molecule has 0 spiro atoms. The number of anilines is 1. The Bertz CT molecular complexity index is 594. The number of carbonyl (C=O) groups is 1. The molecule has 0 aliphatic rings. The number of aromatic amines is 1. The Morgan fingerprint density at radius 2 is 1.95 bits per heavy atom. The Hall–Kier alpha value is -2.18. The van der Waals surface area contributed by atoms with Gasteiger partial charge >= 0.3 is 0 Å². The van der Waals surface area contributed by atoms with Crippen molar-refractivity contribution in [2.45, 2.75) is 39.5 Å². The molecule has 0 atom stereocenters. The average molecular weight is 290 g/mol. The van der Waals surface area contributed by atoms with Crippen LogP contribution < -0.4 is 10.6 Å². The van der Waals surface area contributed by atoms with Crippen LogP contribution in [0.1, 0.15) is 50.0 Å². The molecule has 0 saturated heterocycles. The highest BCUT2D eigenvalue weighted by Gasteiger charge is 2.16. The van der Waals surface area contributed by atoms with E-state index in [1.807, 2.05) is 0 Å². The van der Waals surface area contributed by atoms with Gasteiger partial charge in [0.15, 0.2) is 17.2 Å². The van der Waals surface area contributed by atoms with Gasteiger partial charge in [-0.1, -0.05) is 26.7 Å². The smallest absolute Gasteiger partial charge is 0.273 e. The maximum absolute atomic E-state index is 12.3. The van der Waals surface area contributed by atoms with Crippen LogP contribution in [0.3, 0.4) is 0 Å². The highest BCUT2D eigenvalue weighted by Crippen LogP contribution is 2.15. The molecule has 114 valence electrons. The van der Waals surface area contributed by atoms with E-state index in [2.05, 4.69) is 44.6 Å². The van der Waals surface area contributed by atoms with Crippen molar-refractivity contribution in [1.29, 1.82) is 0 Å². The van der Waals surface area contributed by atoms with E-state index in [9.17, 15) is 4.79 Å². The zero-order valence-corrected chi connectivity index (χ0v) is 12.6. The molecule has 3 N–H and O–H groups in total. The van der Waals surface area contributed by atoms with Gasteiger partial charge in [-0.2, -0.15) is 5.10 Å². The van der Waals surface area contributed by atoms with Gasteiger partial charge < -0.3 is 10.6 Å². The number of nitrogens with zero attached hydrogens (tertiary/aromatic N) is 3. The highest BCUT2D eigenvalue weighted by atomic mass is 16.1. The van der Waals surface area contributed by atoms with Crippen molar-refractivity contribution in [2.75, 3.05) is 18.4 Å². The first-order valence-corrected chi connectivity index (χ1v) is 7.49. The summed E-state index contributed by atoms with van der Waals surface area (Å²) in [6.45, 7) is 5.61. The number of aromatic nitrogens is 4. The zero-order chi connectivity index (χ0) is 15.1. The largest absolute Gasteiger partial charge is 0.368 e. The van der Waals surface area contributed by atoms with E-state index in [1.54, 1.807) is 6.20 Å². The van der Waals surface area contributed by atoms with Crippen LogP contribution in [0.2, 0.25) is 0 Å². The van der Waals surface area contributed by atoms with E-state index in [4.69, 9.17) is 0 Å². The minimum absolute atomic E-state index is 0.196. The maximum Gasteiger partial charge on any atom is 0.273 e. The fourth-order valence-electron chi connectivity index (χ4n) is 1.90. The monoisotopic (exact) mass is 290 g/mol. The molecule has 0 aliphatic heterocycles. The standard InChI is InChI=1S/C14H22N6O/c1-3-5-7-15-13-11(14(21)16-8-6-4-2)18-10-9-17-20-12(10)19-13/h9H,3-8H2,1-2H3,(H,16,21)(H2,15,17,19,20). The minimum atomic E-state index is -0.196. The van der Waals surface area contributed by atoms with Crippen LogP contribution in [0.25, 0.3) is 11.2 Å². The quantitative estimate of drug-likeness (QED) is 0.647. The summed E-state index contributed by atoms with van der Waals surface area (Å²) in [7, 11) is 0. The van der Waals surface area contributed by atoms with Gasteiger partial charge in [0.25, 0.3) is 5.91 Å². The number of hydrogen-bond acceptors (Lipinski definition) is 5. The van der Waals surface area contributed by atoms with Crippen molar-refractivity contribution in [1.82, 2.24) is 25.5 Å². The van der Waals surface area contributed by atoms with Crippen molar-refractivity contribution >= 4 is 22.9 Å². The van der Waals surface area contributed by atoms with E-state index >= 15 is 0 Å². The lowest BCUT2D eigenvalue weighted by atomic mass is 10.3. The Kier molecular flexibility index (Phi) is 5.48. The lowest BCUT2D eigenvalue weighted by Gasteiger charge is -2.10. The van der Waals surface area contributed by atoms with Crippen LogP contribution in [0.5, 0.6) is 0 Å². The number of carbonyl (C=O) groups excluding carboxylic acids is 1. The van der Waals surface area contributed by atoms with E-state index in [1.165, 1.54) is 0 Å². The summed E-state index contributed by atoms with van der Waals surface area (Å²) in [6, 6.07) is 0. The third-order valence-corrected chi connectivity index (χ3v) is 3.13. The van der Waals surface area contributed by atoms with E-state index in [0.717, 1.165) is 32.2 Å². The number of hydrogen-bond donors (Lipinski definition) is 3. The highest BCUT2D eigenvalue weighted by molar-refractivity contribution is 5.98. The molecule has 0 bridgehead atoms. The van der Waals surface area contributed by atoms with Gasteiger partial charge in [0, 0.05) is 13.1 Å². The molecule has 21 heavy (non-hydrogen) atoms. The third kappa shape index (κ3) is 3.90. The molecule has 0 aliphatic carbocycles. The Balaban J connectivity index is 2.20. The van der Waals surface area contributed by atoms with Crippen molar-refractivity contribution in [3.63, 3.8) is 0 Å². The van der Waals surface area contributed by atoms with Crippen LogP contribution in [-0.2, 0) is 0 Å². The number of nitrogens with one attached hydrogen (secondary N) is 3. The molecule has 0 unspecified atom stereocenters. The normalized spacial score (nSPS) is 10.8. The van der Waals surface area contributed by atoms with Crippen LogP contribution in [0, 0.1) is 0 Å². The van der Waals surface area contributed by atoms with Crippen molar-refractivity contribution < 1.29 is 4.79 Å². The van der Waals surface area contributed by atoms with E-state index in [0.29, 0.717) is 29.2 Å². The summed E-state index contributed by atoms with van der Waals surface area (Å²) < 4.78 is 0. The molecule has 2 heterocycles. The van der Waals surface area contributed by atoms with Gasteiger partial charge in [-0.25, -0.2) is 9.97 Å². The second-order valence-electron chi connectivity index (χ2n) is 4.91. The van der Waals surface area contributed by atoms with Gasteiger partial charge in [0.2, 0.25) is 0 Å². The molecule has 7 nitrogen and oxygen atoms in total. The predicted molar refractivity (Wildman–Crippen MR) is 82.3 cm³/mol. The molecule has 0 radical (unpaired) electrons. The molecule has 2 rings (SSSR count). The number of rotatable bonds is 8. The summed E-state index contributed by atoms with van der Waals surface area (Å²) in [5.74, 6) is 0.312. The SMILES string of the molecule is CCCCNC(=O)c1nc2cn[nH]c2nc1NCCCC. The lowest BCUT2D eigenvalue weighted by molar-refractivity contribution is 0.0949. The van der Waals surface area contributed by atoms with Gasteiger partial charge in [0.05, 0.1) is 6.20 Å². The summed E-state index contributed by atoms with van der Waals surface area (Å²) in [6.07, 6.45) is 5.64. The summed E-state index contributed by atoms with van der Waals surface area (Å²) in [5, 5.41) is 12.7. The molecule has 2 aromatic heterocycles. The fraction of sp³-hybridized carbons (Fsp3) is 0.571. The van der Waals surface area contributed by atoms with Crippen LogP contribution in [-0.4, -0.2) is 39.2 Å². The summed E-state index contributed by atoms with van der Waals surface area (Å²) >= 11 is 0. The number of fused-ring (bicyclic) bond motifs is 1. The number of amides is 1. The molecular weight excluding hydrogens is 268 g/mol. The molecule has 0 aromatic carbocycles. The number of H-pyrrole nitrogens is 1. The number of unbranched alkanes of at least 4 members (excludes halogenated alkanes) is 2. The van der Waals surface area contributed by atoms with Gasteiger partial charge in [-0.3, -0.25) is 9.89 Å². The maximum atomic E-state index is 12.3. The van der Waals surface area contributed by atoms with Gasteiger partial charge in [-0.05, 0) is 12.8 Å². The zero-order valence-electron chi connectivity index (χ0n) is 12.6. The molecule has 0 saturated carbocycles. The van der Waals surface area contributed by atoms with E-state index < -0.39 is 0 Å². The summed E-state index contributed by atoms with van der Waals surface area (Å²) in [4.78, 5) is 21.0. The predicted octanol–water partition coefficient (Wildman–Crippen LogP) is 2.09. The first-order chi connectivity index (χ1) is 10.3. The Morgan fingerprint density at radius 1 is 1.19 bits per heavy atom. The Labute approximate surface area is 123 Å². The molecule has 7 heteroatoms. The van der Waals surface area contributed by atoms with Crippen LogP contribution in [0.4, 0.5) is 5.82 Å². The second kappa shape index (κ2) is 7.56. The van der Waals surface area contributed by atoms with Crippen molar-refractivity contribution in [3.05, 3.63) is 11.9 Å². The molecule has 1 amide bonds.